The van der Waals surface area contributed by atoms with Crippen LogP contribution < -0.4 is 10.2 Å². The normalized spacial score (nSPS) is 14.0. The second-order valence-corrected chi connectivity index (χ2v) is 6.45. The molecule has 0 spiro atoms. The molecule has 4 rings (SSSR count). The maximum absolute atomic E-state index is 13.7. The Morgan fingerprint density at radius 1 is 1.03 bits per heavy atom. The van der Waals surface area contributed by atoms with Gasteiger partial charge in [0, 0.05) is 32.2 Å². The fraction of sp³-hybridized carbons (Fsp3) is 0.200. The molecule has 0 aliphatic carbocycles. The van der Waals surface area contributed by atoms with E-state index in [1.165, 1.54) is 24.7 Å². The number of carbonyl (C=O) groups is 2. The Morgan fingerprint density at radius 2 is 1.83 bits per heavy atom. The molecule has 0 bridgehead atoms. The van der Waals surface area contributed by atoms with Gasteiger partial charge in [-0.15, -0.1) is 0 Å². The summed E-state index contributed by atoms with van der Waals surface area (Å²) >= 11 is 0. The lowest BCUT2D eigenvalue weighted by molar-refractivity contribution is 0.0714. The van der Waals surface area contributed by atoms with Gasteiger partial charge in [-0.2, -0.15) is 0 Å². The predicted octanol–water partition coefficient (Wildman–Crippen LogP) is 2.42. The molecule has 3 aromatic rings. The van der Waals surface area contributed by atoms with E-state index < -0.39 is 11.7 Å². The molecule has 2 amide bonds. The van der Waals surface area contributed by atoms with E-state index >= 15 is 0 Å². The number of benzene rings is 1. The molecule has 1 N–H and O–H groups in total. The number of hydrogen-bond donors (Lipinski definition) is 1. The van der Waals surface area contributed by atoms with Gasteiger partial charge < -0.3 is 19.5 Å². The summed E-state index contributed by atoms with van der Waals surface area (Å²) in [7, 11) is 0. The van der Waals surface area contributed by atoms with Gasteiger partial charge in [0.2, 0.25) is 0 Å². The molecular formula is C20H18FN5O3. The van der Waals surface area contributed by atoms with Crippen LogP contribution in [0.2, 0.25) is 0 Å². The van der Waals surface area contributed by atoms with Crippen molar-refractivity contribution in [2.45, 2.75) is 0 Å². The third-order valence-electron chi connectivity index (χ3n) is 4.63. The third-order valence-corrected chi connectivity index (χ3v) is 4.63. The van der Waals surface area contributed by atoms with E-state index in [2.05, 4.69) is 15.3 Å². The number of carbonyl (C=O) groups excluding carboxylic acids is 2. The number of furan rings is 1. The van der Waals surface area contributed by atoms with Crippen LogP contribution in [-0.4, -0.2) is 52.9 Å². The Kier molecular flexibility index (Phi) is 5.19. The summed E-state index contributed by atoms with van der Waals surface area (Å²) in [5, 5.41) is 2.51. The van der Waals surface area contributed by atoms with Crippen LogP contribution in [0.4, 0.5) is 15.9 Å². The van der Waals surface area contributed by atoms with Gasteiger partial charge in [0.25, 0.3) is 11.8 Å². The number of anilines is 2. The number of amides is 2. The van der Waals surface area contributed by atoms with Crippen molar-refractivity contribution in [1.82, 2.24) is 14.9 Å². The van der Waals surface area contributed by atoms with Crippen LogP contribution in [-0.2, 0) is 0 Å². The standard InChI is InChI=1S/C20H18FN5O3/c21-14-4-1-2-5-15(14)24-19(27)16-12-18(23-13-22-16)25-7-9-26(10-8-25)20(28)17-6-3-11-29-17/h1-6,11-13H,7-10H2,(H,24,27). The first kappa shape index (κ1) is 18.6. The number of hydrogen-bond acceptors (Lipinski definition) is 6. The van der Waals surface area contributed by atoms with Gasteiger partial charge in [-0.3, -0.25) is 9.59 Å². The smallest absolute Gasteiger partial charge is 0.289 e. The topological polar surface area (TPSA) is 91.6 Å². The molecule has 1 aromatic carbocycles. The number of nitrogens with one attached hydrogen (secondary N) is 1. The fourth-order valence-corrected chi connectivity index (χ4v) is 3.09. The summed E-state index contributed by atoms with van der Waals surface area (Å²) in [6.07, 6.45) is 2.77. The lowest BCUT2D eigenvalue weighted by Crippen LogP contribution is -2.49. The van der Waals surface area contributed by atoms with Crippen LogP contribution in [0.25, 0.3) is 0 Å². The fourth-order valence-electron chi connectivity index (χ4n) is 3.09. The van der Waals surface area contributed by atoms with Gasteiger partial charge in [-0.05, 0) is 24.3 Å². The van der Waals surface area contributed by atoms with E-state index in [0.29, 0.717) is 37.8 Å². The first-order chi connectivity index (χ1) is 14.1. The van der Waals surface area contributed by atoms with E-state index in [-0.39, 0.29) is 17.3 Å². The zero-order valence-electron chi connectivity index (χ0n) is 15.4. The van der Waals surface area contributed by atoms with Crippen LogP contribution in [0.5, 0.6) is 0 Å². The van der Waals surface area contributed by atoms with Crippen molar-refractivity contribution in [3.05, 3.63) is 72.3 Å². The molecular weight excluding hydrogens is 377 g/mol. The van der Waals surface area contributed by atoms with E-state index in [9.17, 15) is 14.0 Å². The van der Waals surface area contributed by atoms with E-state index in [0.717, 1.165) is 0 Å². The molecule has 1 fully saturated rings. The first-order valence-electron chi connectivity index (χ1n) is 9.07. The summed E-state index contributed by atoms with van der Waals surface area (Å²) in [5.41, 5.74) is 0.218. The number of para-hydroxylation sites is 1. The maximum atomic E-state index is 13.7. The Balaban J connectivity index is 1.41. The zero-order chi connectivity index (χ0) is 20.2. The molecule has 9 heteroatoms. The summed E-state index contributed by atoms with van der Waals surface area (Å²) in [6.45, 7) is 2.11. The SMILES string of the molecule is O=C(Nc1ccccc1F)c1cc(N2CCN(C(=O)c3ccco3)CC2)ncn1. The maximum Gasteiger partial charge on any atom is 0.289 e. The van der Waals surface area contributed by atoms with Crippen LogP contribution in [0.3, 0.4) is 0 Å². The zero-order valence-corrected chi connectivity index (χ0v) is 15.4. The quantitative estimate of drug-likeness (QED) is 0.730. The van der Waals surface area contributed by atoms with Crippen molar-refractivity contribution in [2.24, 2.45) is 0 Å². The van der Waals surface area contributed by atoms with Crippen LogP contribution in [0.1, 0.15) is 21.0 Å². The first-order valence-corrected chi connectivity index (χ1v) is 9.07. The number of rotatable bonds is 4. The number of halogens is 1. The van der Waals surface area contributed by atoms with Gasteiger partial charge in [-0.1, -0.05) is 12.1 Å². The molecule has 148 valence electrons. The van der Waals surface area contributed by atoms with E-state index in [1.807, 2.05) is 4.90 Å². The molecule has 0 atom stereocenters. The highest BCUT2D eigenvalue weighted by Gasteiger charge is 2.25. The Morgan fingerprint density at radius 3 is 2.55 bits per heavy atom. The van der Waals surface area contributed by atoms with Crippen molar-refractivity contribution in [3.8, 4) is 0 Å². The third kappa shape index (κ3) is 4.08. The minimum atomic E-state index is -0.523. The Hall–Kier alpha value is -3.75. The van der Waals surface area contributed by atoms with Gasteiger partial charge in [0.05, 0.1) is 12.0 Å². The van der Waals surface area contributed by atoms with Crippen molar-refractivity contribution < 1.29 is 18.4 Å². The number of aromatic nitrogens is 2. The lowest BCUT2D eigenvalue weighted by atomic mass is 10.2. The monoisotopic (exact) mass is 395 g/mol. The van der Waals surface area contributed by atoms with Gasteiger partial charge in [0.15, 0.2) is 5.76 Å². The van der Waals surface area contributed by atoms with Crippen LogP contribution >= 0.6 is 0 Å². The van der Waals surface area contributed by atoms with Crippen LogP contribution in [0, 0.1) is 5.82 Å². The molecule has 0 unspecified atom stereocenters. The van der Waals surface area contributed by atoms with Crippen LogP contribution in [0.15, 0.2) is 59.5 Å². The second-order valence-electron chi connectivity index (χ2n) is 6.45. The van der Waals surface area contributed by atoms with Gasteiger partial charge in [0.1, 0.15) is 23.7 Å². The molecule has 3 heterocycles. The van der Waals surface area contributed by atoms with E-state index in [4.69, 9.17) is 4.42 Å². The molecule has 1 aliphatic rings. The van der Waals surface area contributed by atoms with Crippen molar-refractivity contribution >= 4 is 23.3 Å². The van der Waals surface area contributed by atoms with Crippen molar-refractivity contribution in [2.75, 3.05) is 36.4 Å². The Labute approximate surface area is 166 Å². The lowest BCUT2D eigenvalue weighted by Gasteiger charge is -2.35. The highest BCUT2D eigenvalue weighted by molar-refractivity contribution is 6.03. The highest BCUT2D eigenvalue weighted by atomic mass is 19.1. The van der Waals surface area contributed by atoms with E-state index in [1.54, 1.807) is 35.2 Å². The Bertz CT molecular complexity index is 1020. The predicted molar refractivity (Wildman–Crippen MR) is 103 cm³/mol. The molecule has 1 aliphatic heterocycles. The minimum absolute atomic E-state index is 0.0858. The van der Waals surface area contributed by atoms with Gasteiger partial charge in [-0.25, -0.2) is 14.4 Å². The second kappa shape index (κ2) is 8.09. The summed E-state index contributed by atoms with van der Waals surface area (Å²) in [4.78, 5) is 36.7. The molecule has 0 saturated carbocycles. The largest absolute Gasteiger partial charge is 0.459 e. The van der Waals surface area contributed by atoms with Crippen molar-refractivity contribution in [1.29, 1.82) is 0 Å². The molecule has 8 nitrogen and oxygen atoms in total. The molecule has 29 heavy (non-hydrogen) atoms. The summed E-state index contributed by atoms with van der Waals surface area (Å²) < 4.78 is 18.9. The number of nitrogens with zero attached hydrogens (tertiary/aromatic N) is 4. The average molecular weight is 395 g/mol. The van der Waals surface area contributed by atoms with Gasteiger partial charge >= 0.3 is 0 Å². The van der Waals surface area contributed by atoms with Crippen molar-refractivity contribution in [3.63, 3.8) is 0 Å². The number of piperazine rings is 1. The highest BCUT2D eigenvalue weighted by Crippen LogP contribution is 2.18. The summed E-state index contributed by atoms with van der Waals surface area (Å²) in [5.74, 6) is -0.309. The summed E-state index contributed by atoms with van der Waals surface area (Å²) in [6, 6.07) is 10.8. The minimum Gasteiger partial charge on any atom is -0.459 e. The molecule has 0 radical (unpaired) electrons. The molecule has 1 saturated heterocycles. The average Bonchev–Trinajstić information content (AvgIpc) is 3.30. The molecule has 2 aromatic heterocycles.